The van der Waals surface area contributed by atoms with E-state index in [2.05, 4.69) is 0 Å². The minimum absolute atomic E-state index is 0.0674. The zero-order valence-electron chi connectivity index (χ0n) is 20.6. The molecule has 192 valence electrons. The van der Waals surface area contributed by atoms with Crippen molar-refractivity contribution in [3.8, 4) is 0 Å². The molecule has 1 N–H and O–H groups in total. The van der Waals surface area contributed by atoms with Gasteiger partial charge in [-0.2, -0.15) is 0 Å². The van der Waals surface area contributed by atoms with Crippen LogP contribution in [-0.2, 0) is 33.4 Å². The van der Waals surface area contributed by atoms with Crippen LogP contribution in [0.5, 0.6) is 0 Å². The first-order valence-corrected chi connectivity index (χ1v) is 11.1. The molecule has 0 amide bonds. The molecule has 0 aliphatic carbocycles. The van der Waals surface area contributed by atoms with Crippen molar-refractivity contribution in [3.05, 3.63) is 0 Å². The highest BCUT2D eigenvalue weighted by Gasteiger charge is 2.21. The lowest BCUT2D eigenvalue weighted by molar-refractivity contribution is -0.144. The van der Waals surface area contributed by atoms with Crippen molar-refractivity contribution in [1.29, 1.82) is 0 Å². The van der Waals surface area contributed by atoms with E-state index < -0.39 is 5.97 Å². The monoisotopic (exact) mass is 476 g/mol. The molecule has 12 nitrogen and oxygen atoms in total. The van der Waals surface area contributed by atoms with Crippen LogP contribution in [0.2, 0.25) is 0 Å². The van der Waals surface area contributed by atoms with E-state index in [1.807, 2.05) is 28.5 Å². The third-order valence-corrected chi connectivity index (χ3v) is 5.03. The smallest absolute Gasteiger partial charge is 0.319 e. The first-order valence-electron chi connectivity index (χ1n) is 11.1. The van der Waals surface area contributed by atoms with Crippen LogP contribution < -0.4 is 0 Å². The van der Waals surface area contributed by atoms with Crippen molar-refractivity contribution in [2.24, 2.45) is 0 Å². The molecular weight excluding hydrogens is 436 g/mol. The van der Waals surface area contributed by atoms with Crippen molar-refractivity contribution < 1.29 is 38.5 Å². The van der Waals surface area contributed by atoms with Crippen molar-refractivity contribution in [3.63, 3.8) is 0 Å². The molecule has 1 aliphatic rings. The lowest BCUT2D eigenvalue weighted by Crippen LogP contribution is -2.49. The zero-order chi connectivity index (χ0) is 25.2. The Labute approximate surface area is 196 Å². The standard InChI is InChI=1S/C19H34N4O8.C2H6/c1-29-17(26)13-21-6-4-20(12-16(24)25)5-7-22(14-18(27)30-2)9-11-23(10-8-21)15-19(28)31-3;1-2/h4-15H2,1-3H3,(H,24,25);1-2H3. The van der Waals surface area contributed by atoms with Gasteiger partial charge in [-0.1, -0.05) is 13.8 Å². The van der Waals surface area contributed by atoms with E-state index in [0.717, 1.165) is 0 Å². The molecule has 0 radical (unpaired) electrons. The Morgan fingerprint density at radius 2 is 0.758 bits per heavy atom. The molecule has 0 spiro atoms. The number of nitrogens with zero attached hydrogens (tertiary/aromatic N) is 4. The fraction of sp³-hybridized carbons (Fsp3) is 0.810. The number of aliphatic carboxylic acids is 1. The number of carboxylic acid groups (broad SMARTS) is 1. The Morgan fingerprint density at radius 3 is 0.939 bits per heavy atom. The zero-order valence-corrected chi connectivity index (χ0v) is 20.6. The average molecular weight is 477 g/mol. The summed E-state index contributed by atoms with van der Waals surface area (Å²) in [6.07, 6.45) is 0. The van der Waals surface area contributed by atoms with Crippen LogP contribution >= 0.6 is 0 Å². The lowest BCUT2D eigenvalue weighted by atomic mass is 10.3. The molecule has 1 rings (SSSR count). The van der Waals surface area contributed by atoms with E-state index in [0.29, 0.717) is 52.4 Å². The number of hydrogen-bond acceptors (Lipinski definition) is 11. The molecular formula is C21H40N4O8. The Bertz CT molecular complexity index is 571. The molecule has 1 aliphatic heterocycles. The average Bonchev–Trinajstić information content (AvgIpc) is 2.80. The highest BCUT2D eigenvalue weighted by atomic mass is 16.5. The largest absolute Gasteiger partial charge is 0.480 e. The van der Waals surface area contributed by atoms with Crippen LogP contribution in [0.1, 0.15) is 13.8 Å². The predicted molar refractivity (Wildman–Crippen MR) is 121 cm³/mol. The lowest BCUT2D eigenvalue weighted by Gasteiger charge is -2.32. The van der Waals surface area contributed by atoms with Crippen LogP contribution in [0, 0.1) is 0 Å². The van der Waals surface area contributed by atoms with Gasteiger partial charge >= 0.3 is 23.9 Å². The second-order valence-electron chi connectivity index (χ2n) is 7.23. The van der Waals surface area contributed by atoms with Gasteiger partial charge in [-0.25, -0.2) is 0 Å². The molecule has 0 bridgehead atoms. The van der Waals surface area contributed by atoms with E-state index in [1.165, 1.54) is 21.3 Å². The summed E-state index contributed by atoms with van der Waals surface area (Å²) >= 11 is 0. The summed E-state index contributed by atoms with van der Waals surface area (Å²) < 4.78 is 14.3. The maximum atomic E-state index is 11.8. The van der Waals surface area contributed by atoms with E-state index in [9.17, 15) is 24.3 Å². The summed E-state index contributed by atoms with van der Waals surface area (Å²) in [5.41, 5.74) is 0. The summed E-state index contributed by atoms with van der Waals surface area (Å²) in [5.74, 6) is -2.10. The van der Waals surface area contributed by atoms with Gasteiger partial charge in [0.05, 0.1) is 47.5 Å². The number of ether oxygens (including phenoxy) is 3. The molecule has 0 aromatic heterocycles. The molecule has 0 unspecified atom stereocenters. The quantitative estimate of drug-likeness (QED) is 0.335. The molecule has 0 saturated carbocycles. The summed E-state index contributed by atoms with van der Waals surface area (Å²) in [4.78, 5) is 54.1. The van der Waals surface area contributed by atoms with Crippen molar-refractivity contribution >= 4 is 23.9 Å². The maximum absolute atomic E-state index is 11.8. The van der Waals surface area contributed by atoms with Crippen LogP contribution in [0.25, 0.3) is 0 Å². The number of carboxylic acids is 1. The molecule has 1 saturated heterocycles. The summed E-state index contributed by atoms with van der Waals surface area (Å²) in [7, 11) is 3.95. The topological polar surface area (TPSA) is 129 Å². The number of esters is 3. The highest BCUT2D eigenvalue weighted by Crippen LogP contribution is 2.02. The van der Waals surface area contributed by atoms with Crippen molar-refractivity contribution in [2.75, 3.05) is 99.9 Å². The van der Waals surface area contributed by atoms with Gasteiger partial charge in [0.1, 0.15) is 0 Å². The predicted octanol–water partition coefficient (Wildman–Crippen LogP) is -1.16. The first-order chi connectivity index (χ1) is 15.8. The Balaban J connectivity index is 0.00000497. The van der Waals surface area contributed by atoms with E-state index in [1.54, 1.807) is 4.90 Å². The molecule has 33 heavy (non-hydrogen) atoms. The molecule has 0 atom stereocenters. The minimum atomic E-state index is -0.949. The van der Waals surface area contributed by atoms with Crippen molar-refractivity contribution in [2.45, 2.75) is 13.8 Å². The van der Waals surface area contributed by atoms with Crippen LogP contribution in [0.3, 0.4) is 0 Å². The Morgan fingerprint density at radius 1 is 0.545 bits per heavy atom. The molecule has 12 heteroatoms. The van der Waals surface area contributed by atoms with E-state index >= 15 is 0 Å². The van der Waals surface area contributed by atoms with Gasteiger partial charge in [0.25, 0.3) is 0 Å². The minimum Gasteiger partial charge on any atom is -0.480 e. The Hall–Kier alpha value is -2.28. The fourth-order valence-corrected chi connectivity index (χ4v) is 3.14. The number of carbonyl (C=O) groups is 4. The van der Waals surface area contributed by atoms with Gasteiger partial charge in [0.2, 0.25) is 0 Å². The molecule has 0 aromatic rings. The van der Waals surface area contributed by atoms with Gasteiger partial charge < -0.3 is 19.3 Å². The molecule has 0 aromatic carbocycles. The normalized spacial score (nSPS) is 17.5. The number of methoxy groups -OCH3 is 3. The van der Waals surface area contributed by atoms with E-state index in [4.69, 9.17) is 14.2 Å². The summed E-state index contributed by atoms with van der Waals surface area (Å²) in [6, 6.07) is 0. The second kappa shape index (κ2) is 18.2. The van der Waals surface area contributed by atoms with Gasteiger partial charge in [-0.3, -0.25) is 38.8 Å². The van der Waals surface area contributed by atoms with Gasteiger partial charge in [0, 0.05) is 52.4 Å². The van der Waals surface area contributed by atoms with Crippen molar-refractivity contribution in [1.82, 2.24) is 19.6 Å². The van der Waals surface area contributed by atoms with Gasteiger partial charge in [-0.15, -0.1) is 0 Å². The van der Waals surface area contributed by atoms with Crippen LogP contribution in [-0.4, -0.2) is 148 Å². The van der Waals surface area contributed by atoms with Gasteiger partial charge in [-0.05, 0) is 0 Å². The second-order valence-corrected chi connectivity index (χ2v) is 7.23. The first kappa shape index (κ1) is 30.7. The van der Waals surface area contributed by atoms with Gasteiger partial charge in [0.15, 0.2) is 0 Å². The van der Waals surface area contributed by atoms with Crippen LogP contribution in [0.4, 0.5) is 0 Å². The number of hydrogen-bond donors (Lipinski definition) is 1. The summed E-state index contributed by atoms with van der Waals surface area (Å²) in [5, 5.41) is 9.23. The fourth-order valence-electron chi connectivity index (χ4n) is 3.14. The highest BCUT2D eigenvalue weighted by molar-refractivity contribution is 5.72. The SMILES string of the molecule is CC.COC(=O)CN1CCN(CC(=O)O)CCN(CC(=O)OC)CCN(CC(=O)OC)CC1. The molecule has 1 fully saturated rings. The van der Waals surface area contributed by atoms with Crippen LogP contribution in [0.15, 0.2) is 0 Å². The van der Waals surface area contributed by atoms with E-state index in [-0.39, 0.29) is 44.1 Å². The third-order valence-electron chi connectivity index (χ3n) is 5.03. The number of rotatable bonds is 8. The number of carbonyl (C=O) groups excluding carboxylic acids is 3. The third kappa shape index (κ3) is 14.5. The summed E-state index contributed by atoms with van der Waals surface area (Å²) in [6.45, 7) is 7.74. The molecule has 1 heterocycles. The Kier molecular flexibility index (Phi) is 16.9. The maximum Gasteiger partial charge on any atom is 0.319 e.